The van der Waals surface area contributed by atoms with Gasteiger partial charge in [0.2, 0.25) is 3.57 Å². The molecule has 5 heteroatoms. The monoisotopic (exact) mass is 424 g/mol. The minimum absolute atomic E-state index is 0.00716. The third-order valence-electron chi connectivity index (χ3n) is 3.38. The second-order valence-corrected chi connectivity index (χ2v) is 7.77. The van der Waals surface area contributed by atoms with Crippen molar-refractivity contribution in [2.45, 2.75) is 26.7 Å². The van der Waals surface area contributed by atoms with Crippen molar-refractivity contribution in [1.82, 2.24) is 0 Å². The highest BCUT2D eigenvalue weighted by molar-refractivity contribution is 6.04. The molecule has 0 aliphatic carbocycles. The van der Waals surface area contributed by atoms with Crippen LogP contribution in [-0.2, 0) is 0 Å². The molecule has 0 heterocycles. The SMILES string of the molecule is CCC(=O)c1cc(C(=O)CC)c(O)c([I+]c2ccccc2)c1[O-]. The van der Waals surface area contributed by atoms with Gasteiger partial charge in [0.05, 0.1) is 5.56 Å². The number of hydrogen-bond acceptors (Lipinski definition) is 4. The van der Waals surface area contributed by atoms with E-state index in [1.807, 2.05) is 30.3 Å². The Bertz CT molecular complexity index is 698. The van der Waals surface area contributed by atoms with Crippen LogP contribution in [0.25, 0.3) is 0 Å². The van der Waals surface area contributed by atoms with E-state index in [2.05, 4.69) is 0 Å². The van der Waals surface area contributed by atoms with Crippen molar-refractivity contribution < 1.29 is 41.0 Å². The molecule has 23 heavy (non-hydrogen) atoms. The zero-order valence-electron chi connectivity index (χ0n) is 12.9. The molecular formula is C18H17IO4. The van der Waals surface area contributed by atoms with Crippen molar-refractivity contribution in [3.63, 3.8) is 0 Å². The molecule has 1 N–H and O–H groups in total. The van der Waals surface area contributed by atoms with Gasteiger partial charge >= 0.3 is 21.2 Å². The van der Waals surface area contributed by atoms with Gasteiger partial charge in [0.15, 0.2) is 20.9 Å². The summed E-state index contributed by atoms with van der Waals surface area (Å²) in [6.45, 7) is 3.35. The number of ketones is 2. The first-order valence-corrected chi connectivity index (χ1v) is 9.48. The van der Waals surface area contributed by atoms with Crippen molar-refractivity contribution >= 4 is 11.6 Å². The molecular weight excluding hydrogens is 407 g/mol. The maximum Gasteiger partial charge on any atom is 0.361 e. The highest BCUT2D eigenvalue weighted by atomic mass is 127. The number of Topliss-reactive ketones (excluding diaryl/α,β-unsaturated/α-hetero) is 2. The number of rotatable bonds is 6. The summed E-state index contributed by atoms with van der Waals surface area (Å²) in [5, 5.41) is 23.0. The van der Waals surface area contributed by atoms with Gasteiger partial charge in [-0.1, -0.05) is 32.0 Å². The lowest BCUT2D eigenvalue weighted by Crippen LogP contribution is -3.61. The van der Waals surface area contributed by atoms with Crippen molar-refractivity contribution in [2.75, 3.05) is 0 Å². The Kier molecular flexibility index (Phi) is 5.76. The summed E-state index contributed by atoms with van der Waals surface area (Å²) in [6, 6.07) is 10.6. The lowest BCUT2D eigenvalue weighted by Gasteiger charge is -2.15. The van der Waals surface area contributed by atoms with Gasteiger partial charge < -0.3 is 10.2 Å². The van der Waals surface area contributed by atoms with Crippen LogP contribution in [0.2, 0.25) is 0 Å². The third-order valence-corrected chi connectivity index (χ3v) is 6.26. The first-order chi connectivity index (χ1) is 11.0. The smallest absolute Gasteiger partial charge is 0.361 e. The van der Waals surface area contributed by atoms with Gasteiger partial charge in [0.1, 0.15) is 0 Å². The molecule has 4 nitrogen and oxygen atoms in total. The Hall–Kier alpha value is -1.89. The summed E-state index contributed by atoms with van der Waals surface area (Å²) in [6.07, 6.45) is 0.386. The van der Waals surface area contributed by atoms with Crippen LogP contribution < -0.4 is 26.3 Å². The van der Waals surface area contributed by atoms with Gasteiger partial charge in [-0.25, -0.2) is 0 Å². The number of halogens is 1. The van der Waals surface area contributed by atoms with Crippen LogP contribution in [0, 0.1) is 7.14 Å². The van der Waals surface area contributed by atoms with Crippen molar-refractivity contribution in [1.29, 1.82) is 0 Å². The Morgan fingerprint density at radius 3 is 2.17 bits per heavy atom. The van der Waals surface area contributed by atoms with Crippen molar-refractivity contribution in [2.24, 2.45) is 0 Å². The number of phenols is 1. The molecule has 0 aliphatic heterocycles. The molecule has 0 aromatic heterocycles. The molecule has 2 rings (SSSR count). The second-order valence-electron chi connectivity index (χ2n) is 4.91. The average Bonchev–Trinajstić information content (AvgIpc) is 2.58. The fourth-order valence-electron chi connectivity index (χ4n) is 2.10. The van der Waals surface area contributed by atoms with E-state index in [9.17, 15) is 19.8 Å². The summed E-state index contributed by atoms with van der Waals surface area (Å²) < 4.78 is 1.15. The number of phenolic OH excluding ortho intramolecular Hbond substituents is 1. The first kappa shape index (κ1) is 17.5. The van der Waals surface area contributed by atoms with Gasteiger partial charge in [-0.15, -0.1) is 0 Å². The van der Waals surface area contributed by atoms with Crippen molar-refractivity contribution in [3.8, 4) is 11.5 Å². The average molecular weight is 424 g/mol. The van der Waals surface area contributed by atoms with E-state index in [1.54, 1.807) is 13.8 Å². The Morgan fingerprint density at radius 1 is 1.04 bits per heavy atom. The predicted octanol–water partition coefficient (Wildman–Crippen LogP) is -0.220. The Balaban J connectivity index is 2.63. The minimum atomic E-state index is -0.977. The van der Waals surface area contributed by atoms with E-state index in [0.29, 0.717) is 0 Å². The van der Waals surface area contributed by atoms with E-state index in [1.165, 1.54) is 6.07 Å². The summed E-state index contributed by atoms with van der Waals surface area (Å²) in [5.74, 6) is -1.28. The lowest BCUT2D eigenvalue weighted by atomic mass is 10.00. The second kappa shape index (κ2) is 7.59. The zero-order valence-corrected chi connectivity index (χ0v) is 15.1. The summed E-state index contributed by atoms with van der Waals surface area (Å²) in [4.78, 5) is 24.1. The number of aromatic hydroxyl groups is 1. The van der Waals surface area contributed by atoms with E-state index >= 15 is 0 Å². The fourth-order valence-corrected chi connectivity index (χ4v) is 4.58. The number of carbonyl (C=O) groups excluding carboxylic acids is 2. The van der Waals surface area contributed by atoms with Gasteiger partial charge in [-0.2, -0.15) is 0 Å². The molecule has 0 radical (unpaired) electrons. The first-order valence-electron chi connectivity index (χ1n) is 7.32. The third kappa shape index (κ3) is 3.72. The molecule has 0 unspecified atom stereocenters. The topological polar surface area (TPSA) is 77.4 Å². The normalized spacial score (nSPS) is 10.5. The van der Waals surface area contributed by atoms with Crippen LogP contribution in [0.5, 0.6) is 11.5 Å². The molecule has 0 fully saturated rings. The lowest BCUT2D eigenvalue weighted by molar-refractivity contribution is -0.604. The molecule has 0 aliphatic rings. The quantitative estimate of drug-likeness (QED) is 0.514. The standard InChI is InChI=1S/C18H17IO4/c1-3-14(20)12-10-13(15(21)4-2)18(23)16(17(12)22)19-11-8-6-5-7-9-11/h5-10H,3-4H2,1-2H3,(H-,20,21,22,23). The zero-order chi connectivity index (χ0) is 17.0. The predicted molar refractivity (Wildman–Crippen MR) is 80.6 cm³/mol. The molecule has 2 aromatic rings. The van der Waals surface area contributed by atoms with E-state index in [4.69, 9.17) is 0 Å². The van der Waals surface area contributed by atoms with Gasteiger partial charge in [-0.05, 0) is 23.9 Å². The number of benzene rings is 2. The number of carbonyl (C=O) groups is 2. The van der Waals surface area contributed by atoms with Crippen LogP contribution in [-0.4, -0.2) is 16.7 Å². The molecule has 2 aromatic carbocycles. The molecule has 0 spiro atoms. The fraction of sp³-hybridized carbons (Fsp3) is 0.222. The van der Waals surface area contributed by atoms with Crippen LogP contribution >= 0.6 is 0 Å². The van der Waals surface area contributed by atoms with Gasteiger partial charge in [0, 0.05) is 18.4 Å². The van der Waals surface area contributed by atoms with Crippen LogP contribution in [0.3, 0.4) is 0 Å². The van der Waals surface area contributed by atoms with Crippen LogP contribution in [0.4, 0.5) is 0 Å². The number of hydrogen-bond donors (Lipinski definition) is 1. The van der Waals surface area contributed by atoms with Crippen LogP contribution in [0.1, 0.15) is 47.4 Å². The molecule has 0 saturated carbocycles. The summed E-state index contributed by atoms with van der Waals surface area (Å²) in [7, 11) is 0. The Morgan fingerprint density at radius 2 is 1.61 bits per heavy atom. The Labute approximate surface area is 145 Å². The molecule has 120 valence electrons. The van der Waals surface area contributed by atoms with Crippen molar-refractivity contribution in [3.05, 3.63) is 54.7 Å². The molecule has 0 atom stereocenters. The minimum Gasteiger partial charge on any atom is -0.869 e. The van der Waals surface area contributed by atoms with E-state index < -0.39 is 27.0 Å². The largest absolute Gasteiger partial charge is 0.869 e. The maximum absolute atomic E-state index is 12.6. The highest BCUT2D eigenvalue weighted by Crippen LogP contribution is 2.28. The van der Waals surface area contributed by atoms with Gasteiger partial charge in [0.25, 0.3) is 0 Å². The maximum atomic E-state index is 12.6. The van der Waals surface area contributed by atoms with E-state index in [0.717, 1.165) is 3.57 Å². The van der Waals surface area contributed by atoms with E-state index in [-0.39, 0.29) is 44.9 Å². The molecule has 0 saturated heterocycles. The van der Waals surface area contributed by atoms with Gasteiger partial charge in [-0.3, -0.25) is 9.59 Å². The van der Waals surface area contributed by atoms with Crippen LogP contribution in [0.15, 0.2) is 36.4 Å². The highest BCUT2D eigenvalue weighted by Gasteiger charge is 2.28. The summed E-state index contributed by atoms with van der Waals surface area (Å²) in [5.41, 5.74) is 0.0854. The summed E-state index contributed by atoms with van der Waals surface area (Å²) >= 11 is -0.977. The molecule has 0 amide bonds. The molecule has 0 bridgehead atoms.